The molecule has 2 unspecified atom stereocenters. The van der Waals surface area contributed by atoms with Gasteiger partial charge in [-0.1, -0.05) is 58.8 Å². The highest BCUT2D eigenvalue weighted by Gasteiger charge is 2.40. The summed E-state index contributed by atoms with van der Waals surface area (Å²) in [4.78, 5) is 0. The van der Waals surface area contributed by atoms with Crippen LogP contribution in [0.4, 0.5) is 0 Å². The number of hydrogen-bond donors (Lipinski definition) is 0. The van der Waals surface area contributed by atoms with Gasteiger partial charge in [0.2, 0.25) is 0 Å². The first-order chi connectivity index (χ1) is 12.7. The van der Waals surface area contributed by atoms with Gasteiger partial charge >= 0.3 is 0 Å². The van der Waals surface area contributed by atoms with Crippen LogP contribution in [0, 0.1) is 46.3 Å². The van der Waals surface area contributed by atoms with Crippen molar-refractivity contribution in [3.05, 3.63) is 0 Å². The van der Waals surface area contributed by atoms with Crippen molar-refractivity contribution in [2.24, 2.45) is 35.0 Å². The van der Waals surface area contributed by atoms with E-state index in [9.17, 15) is 5.26 Å². The smallest absolute Gasteiger partial charge is 0.0689 e. The predicted octanol–water partition coefficient (Wildman–Crippen LogP) is 7.90. The van der Waals surface area contributed by atoms with Crippen molar-refractivity contribution in [1.82, 2.24) is 0 Å². The summed E-state index contributed by atoms with van der Waals surface area (Å²) < 4.78 is 0. The van der Waals surface area contributed by atoms with Gasteiger partial charge in [0.05, 0.1) is 11.5 Å². The van der Waals surface area contributed by atoms with Gasteiger partial charge in [-0.3, -0.25) is 0 Å². The lowest BCUT2D eigenvalue weighted by Gasteiger charge is -2.43. The van der Waals surface area contributed by atoms with Crippen LogP contribution >= 0.6 is 0 Å². The van der Waals surface area contributed by atoms with Crippen LogP contribution in [0.1, 0.15) is 117 Å². The van der Waals surface area contributed by atoms with Crippen LogP contribution in [0.15, 0.2) is 0 Å². The Morgan fingerprint density at radius 3 is 1.92 bits per heavy atom. The van der Waals surface area contributed by atoms with Gasteiger partial charge in [-0.15, -0.1) is 0 Å². The topological polar surface area (TPSA) is 23.8 Å². The third kappa shape index (κ3) is 4.85. The lowest BCUT2D eigenvalue weighted by molar-refractivity contribution is 0.0819. The lowest BCUT2D eigenvalue weighted by atomic mass is 9.61. The van der Waals surface area contributed by atoms with E-state index in [4.69, 9.17) is 0 Å². The first kappa shape index (κ1) is 20.2. The van der Waals surface area contributed by atoms with Gasteiger partial charge in [0.1, 0.15) is 0 Å². The molecule has 1 heteroatoms. The zero-order valence-corrected chi connectivity index (χ0v) is 17.6. The molecule has 0 spiro atoms. The zero-order valence-electron chi connectivity index (χ0n) is 17.6. The van der Waals surface area contributed by atoms with Gasteiger partial charge in [-0.2, -0.15) is 5.26 Å². The van der Waals surface area contributed by atoms with Gasteiger partial charge in [0, 0.05) is 0 Å². The summed E-state index contributed by atoms with van der Waals surface area (Å²) in [5.74, 6) is 4.92. The maximum atomic E-state index is 9.89. The standard InChI is InChI=1S/C25H43N/c1-3-5-16-25(19-26)17-6-7-24(18-25)23-14-12-22(13-15-23)21-10-8-20(4-2)9-11-21/h20-24H,3-18H2,1-2H3. The molecule has 148 valence electrons. The van der Waals surface area contributed by atoms with Crippen molar-refractivity contribution in [2.45, 2.75) is 117 Å². The van der Waals surface area contributed by atoms with Gasteiger partial charge in [-0.25, -0.2) is 0 Å². The van der Waals surface area contributed by atoms with E-state index in [1.807, 2.05) is 0 Å². The largest absolute Gasteiger partial charge is 0.198 e. The van der Waals surface area contributed by atoms with E-state index in [1.165, 1.54) is 96.3 Å². The average molecular weight is 358 g/mol. The fourth-order valence-corrected chi connectivity index (χ4v) is 6.87. The number of nitrogens with zero attached hydrogens (tertiary/aromatic N) is 1. The highest BCUT2D eigenvalue weighted by Crippen LogP contribution is 2.50. The van der Waals surface area contributed by atoms with Crippen molar-refractivity contribution in [1.29, 1.82) is 5.26 Å². The maximum Gasteiger partial charge on any atom is 0.0689 e. The first-order valence-electron chi connectivity index (χ1n) is 12.1. The van der Waals surface area contributed by atoms with Crippen molar-refractivity contribution in [2.75, 3.05) is 0 Å². The average Bonchev–Trinajstić information content (AvgIpc) is 2.72. The summed E-state index contributed by atoms with van der Waals surface area (Å²) in [6.45, 7) is 4.64. The fourth-order valence-electron chi connectivity index (χ4n) is 6.87. The minimum atomic E-state index is 0.0360. The van der Waals surface area contributed by atoms with E-state index in [0.29, 0.717) is 0 Å². The summed E-state index contributed by atoms with van der Waals surface area (Å²) in [5.41, 5.74) is 0.0360. The van der Waals surface area contributed by atoms with Crippen molar-refractivity contribution in [3.8, 4) is 6.07 Å². The monoisotopic (exact) mass is 357 g/mol. The molecule has 1 nitrogen and oxygen atoms in total. The minimum Gasteiger partial charge on any atom is -0.198 e. The van der Waals surface area contributed by atoms with Crippen LogP contribution in [0.5, 0.6) is 0 Å². The molecule has 2 atom stereocenters. The second-order valence-electron chi connectivity index (χ2n) is 10.2. The molecule has 0 aromatic carbocycles. The molecule has 26 heavy (non-hydrogen) atoms. The second-order valence-corrected chi connectivity index (χ2v) is 10.2. The summed E-state index contributed by atoms with van der Waals surface area (Å²) in [6.07, 6.45) is 22.1. The van der Waals surface area contributed by atoms with Crippen LogP contribution < -0.4 is 0 Å². The minimum absolute atomic E-state index is 0.0360. The van der Waals surface area contributed by atoms with Crippen molar-refractivity contribution >= 4 is 0 Å². The molecule has 0 saturated heterocycles. The molecule has 3 rings (SSSR count). The number of nitriles is 1. The zero-order chi connectivity index (χ0) is 18.4. The molecular weight excluding hydrogens is 314 g/mol. The number of rotatable bonds is 6. The SMILES string of the molecule is CCCCC1(C#N)CCCC(C2CCC(C3CCC(CC)CC3)CC2)C1. The van der Waals surface area contributed by atoms with E-state index in [1.54, 1.807) is 0 Å². The van der Waals surface area contributed by atoms with Crippen LogP contribution in [0.2, 0.25) is 0 Å². The molecule has 0 aliphatic heterocycles. The third-order valence-corrected chi connectivity index (χ3v) is 8.75. The number of hydrogen-bond acceptors (Lipinski definition) is 1. The molecule has 3 saturated carbocycles. The first-order valence-corrected chi connectivity index (χ1v) is 12.1. The Morgan fingerprint density at radius 2 is 1.38 bits per heavy atom. The van der Waals surface area contributed by atoms with Crippen LogP contribution in [-0.4, -0.2) is 0 Å². The van der Waals surface area contributed by atoms with Crippen LogP contribution in [0.25, 0.3) is 0 Å². The van der Waals surface area contributed by atoms with Crippen LogP contribution in [-0.2, 0) is 0 Å². The normalized spacial score (nSPS) is 41.5. The predicted molar refractivity (Wildman–Crippen MR) is 111 cm³/mol. The molecule has 0 radical (unpaired) electrons. The molecule has 3 aliphatic carbocycles. The molecule has 0 aromatic rings. The molecule has 3 aliphatic rings. The Hall–Kier alpha value is -0.510. The van der Waals surface area contributed by atoms with Gasteiger partial charge in [0.15, 0.2) is 0 Å². The molecule has 0 bridgehead atoms. The van der Waals surface area contributed by atoms with Crippen molar-refractivity contribution in [3.63, 3.8) is 0 Å². The van der Waals surface area contributed by atoms with E-state index in [2.05, 4.69) is 19.9 Å². The Labute approximate surface area is 163 Å². The highest BCUT2D eigenvalue weighted by atomic mass is 14.5. The Balaban J connectivity index is 1.48. The van der Waals surface area contributed by atoms with E-state index in [0.717, 1.165) is 36.0 Å². The molecule has 0 N–H and O–H groups in total. The highest BCUT2D eigenvalue weighted by molar-refractivity contribution is 5.03. The molecular formula is C25H43N. The number of unbranched alkanes of at least 4 members (excludes halogenated alkanes) is 1. The summed E-state index contributed by atoms with van der Waals surface area (Å²) >= 11 is 0. The molecule has 3 fully saturated rings. The quantitative estimate of drug-likeness (QED) is 0.474. The van der Waals surface area contributed by atoms with Crippen LogP contribution in [0.3, 0.4) is 0 Å². The van der Waals surface area contributed by atoms with Crippen molar-refractivity contribution < 1.29 is 0 Å². The Morgan fingerprint density at radius 1 is 0.808 bits per heavy atom. The molecule has 0 aromatic heterocycles. The molecule has 0 heterocycles. The summed E-state index contributed by atoms with van der Waals surface area (Å²) in [5, 5.41) is 9.89. The Bertz CT molecular complexity index is 447. The summed E-state index contributed by atoms with van der Waals surface area (Å²) in [7, 11) is 0. The van der Waals surface area contributed by atoms with Gasteiger partial charge < -0.3 is 0 Å². The van der Waals surface area contributed by atoms with E-state index in [-0.39, 0.29) is 5.41 Å². The molecule has 0 amide bonds. The maximum absolute atomic E-state index is 9.89. The second kappa shape index (κ2) is 9.61. The third-order valence-electron chi connectivity index (χ3n) is 8.75. The lowest BCUT2D eigenvalue weighted by Crippen LogP contribution is -2.34. The fraction of sp³-hybridized carbons (Fsp3) is 0.960. The Kier molecular flexibility index (Phi) is 7.48. The van der Waals surface area contributed by atoms with Gasteiger partial charge in [0.25, 0.3) is 0 Å². The van der Waals surface area contributed by atoms with E-state index < -0.39 is 0 Å². The summed E-state index contributed by atoms with van der Waals surface area (Å²) in [6, 6.07) is 2.79. The van der Waals surface area contributed by atoms with Gasteiger partial charge in [-0.05, 0) is 87.4 Å². The van der Waals surface area contributed by atoms with E-state index >= 15 is 0 Å².